The normalized spacial score (nSPS) is 13.2. The van der Waals surface area contributed by atoms with Gasteiger partial charge in [0.1, 0.15) is 0 Å². The molecule has 0 unspecified atom stereocenters. The highest BCUT2D eigenvalue weighted by Gasteiger charge is 2.32. The Morgan fingerprint density at radius 1 is 0.955 bits per heavy atom. The quantitative estimate of drug-likeness (QED) is 0.365. The van der Waals surface area contributed by atoms with E-state index in [4.69, 9.17) is 0 Å². The molecule has 0 heterocycles. The fraction of sp³-hybridized carbons (Fsp3) is 0. The first-order chi connectivity index (χ1) is 10.5. The number of benzene rings is 2. The van der Waals surface area contributed by atoms with Crippen LogP contribution in [0, 0.1) is 10.1 Å². The van der Waals surface area contributed by atoms with E-state index in [0.717, 1.165) is 24.3 Å². The summed E-state index contributed by atoms with van der Waals surface area (Å²) in [5, 5.41) is 22.5. The molecule has 6 nitrogen and oxygen atoms in total. The smallest absolute Gasteiger partial charge is 0.269 e. The Bertz CT molecular complexity index is 830. The number of carbonyl (C=O) groups is 2. The van der Waals surface area contributed by atoms with Crippen LogP contribution in [0.25, 0.3) is 6.08 Å². The molecule has 22 heavy (non-hydrogen) atoms. The molecule has 1 aliphatic carbocycles. The summed E-state index contributed by atoms with van der Waals surface area (Å²) in [5.74, 6) is -1.45. The van der Waals surface area contributed by atoms with Gasteiger partial charge in [0.15, 0.2) is 11.6 Å². The first-order valence-electron chi connectivity index (χ1n) is 6.34. The van der Waals surface area contributed by atoms with Gasteiger partial charge in [-0.1, -0.05) is 30.3 Å². The number of nitro groups is 1. The molecular formula is C16H8NO5-. The monoisotopic (exact) mass is 294 g/mol. The molecular weight excluding hydrogens is 286 g/mol. The number of hydrogen-bond acceptors (Lipinski definition) is 5. The molecule has 0 saturated heterocycles. The molecule has 0 saturated carbocycles. The van der Waals surface area contributed by atoms with Crippen molar-refractivity contribution >= 4 is 23.3 Å². The third-order valence-corrected chi connectivity index (χ3v) is 3.41. The predicted molar refractivity (Wildman–Crippen MR) is 75.6 cm³/mol. The highest BCUT2D eigenvalue weighted by molar-refractivity contribution is 6.41. The van der Waals surface area contributed by atoms with E-state index >= 15 is 0 Å². The maximum atomic E-state index is 12.2. The van der Waals surface area contributed by atoms with E-state index in [1.54, 1.807) is 12.1 Å². The lowest BCUT2D eigenvalue weighted by molar-refractivity contribution is -0.385. The highest BCUT2D eigenvalue weighted by atomic mass is 16.6. The first-order valence-corrected chi connectivity index (χ1v) is 6.34. The Kier molecular flexibility index (Phi) is 3.06. The summed E-state index contributed by atoms with van der Waals surface area (Å²) in [6.07, 6.45) is 1.12. The Morgan fingerprint density at radius 2 is 1.55 bits per heavy atom. The van der Waals surface area contributed by atoms with E-state index in [-0.39, 0.29) is 28.0 Å². The van der Waals surface area contributed by atoms with Gasteiger partial charge in [-0.05, 0) is 11.6 Å². The summed E-state index contributed by atoms with van der Waals surface area (Å²) in [6.45, 7) is 0. The number of carbonyl (C=O) groups excluding carboxylic acids is 2. The summed E-state index contributed by atoms with van der Waals surface area (Å²) >= 11 is 0. The number of nitro benzene ring substituents is 1. The Hall–Kier alpha value is -3.28. The first kappa shape index (κ1) is 13.7. The van der Waals surface area contributed by atoms with Crippen LogP contribution in [0.15, 0.2) is 48.0 Å². The number of non-ortho nitro benzene ring substituents is 1. The number of Topliss-reactive ketones (excluding diaryl/α,β-unsaturated/α-hetero) is 2. The molecule has 0 N–H and O–H groups in total. The lowest BCUT2D eigenvalue weighted by Gasteiger charge is -2.09. The highest BCUT2D eigenvalue weighted by Crippen LogP contribution is 2.30. The van der Waals surface area contributed by atoms with Crippen molar-refractivity contribution in [3.8, 4) is 5.75 Å². The molecule has 2 aromatic rings. The Morgan fingerprint density at radius 3 is 2.09 bits per heavy atom. The van der Waals surface area contributed by atoms with Gasteiger partial charge >= 0.3 is 0 Å². The van der Waals surface area contributed by atoms with Crippen LogP contribution in [-0.2, 0) is 0 Å². The minimum absolute atomic E-state index is 0.0568. The second kappa shape index (κ2) is 4.92. The molecule has 0 atom stereocenters. The van der Waals surface area contributed by atoms with Crippen molar-refractivity contribution in [2.45, 2.75) is 0 Å². The minimum Gasteiger partial charge on any atom is -0.872 e. The van der Waals surface area contributed by atoms with Gasteiger partial charge in [-0.2, -0.15) is 0 Å². The van der Waals surface area contributed by atoms with Crippen LogP contribution in [-0.4, -0.2) is 16.5 Å². The van der Waals surface area contributed by atoms with E-state index in [1.807, 2.05) is 0 Å². The summed E-state index contributed by atoms with van der Waals surface area (Å²) in [5.41, 5.74) is 0.0626. The molecule has 0 radical (unpaired) electrons. The standard InChI is InChI=1S/C16H9NO5/c18-14-6-5-10(17(21)22)7-9(14)8-13-15(19)11-3-1-2-4-12(11)16(13)20/h1-8,18H/p-1. The molecule has 0 fully saturated rings. The number of allylic oxidation sites excluding steroid dienone is 1. The van der Waals surface area contributed by atoms with Crippen LogP contribution in [0.1, 0.15) is 26.3 Å². The van der Waals surface area contributed by atoms with E-state index in [1.165, 1.54) is 12.1 Å². The van der Waals surface area contributed by atoms with Gasteiger partial charge in [0, 0.05) is 23.3 Å². The number of rotatable bonds is 2. The van der Waals surface area contributed by atoms with Crippen LogP contribution < -0.4 is 5.11 Å². The molecule has 1 aliphatic rings. The minimum atomic E-state index is -0.644. The van der Waals surface area contributed by atoms with Crippen LogP contribution in [0.5, 0.6) is 5.75 Å². The van der Waals surface area contributed by atoms with Gasteiger partial charge in [0.2, 0.25) is 0 Å². The summed E-state index contributed by atoms with van der Waals surface area (Å²) < 4.78 is 0. The molecule has 6 heteroatoms. The van der Waals surface area contributed by atoms with Gasteiger partial charge in [0.05, 0.1) is 10.5 Å². The van der Waals surface area contributed by atoms with Gasteiger partial charge in [0.25, 0.3) is 5.69 Å². The average molecular weight is 294 g/mol. The summed E-state index contributed by atoms with van der Waals surface area (Å²) in [6, 6.07) is 9.51. The Balaban J connectivity index is 2.11. The molecule has 0 aliphatic heterocycles. The van der Waals surface area contributed by atoms with Crippen molar-refractivity contribution < 1.29 is 19.6 Å². The topological polar surface area (TPSA) is 100 Å². The maximum Gasteiger partial charge on any atom is 0.269 e. The largest absolute Gasteiger partial charge is 0.872 e. The van der Waals surface area contributed by atoms with Crippen molar-refractivity contribution in [2.75, 3.05) is 0 Å². The number of fused-ring (bicyclic) bond motifs is 1. The zero-order chi connectivity index (χ0) is 15.9. The number of hydrogen-bond donors (Lipinski definition) is 0. The molecule has 0 aromatic heterocycles. The van der Waals surface area contributed by atoms with Crippen LogP contribution in [0.3, 0.4) is 0 Å². The molecule has 2 aromatic carbocycles. The average Bonchev–Trinajstić information content (AvgIpc) is 2.74. The fourth-order valence-electron chi connectivity index (χ4n) is 2.32. The second-order valence-corrected chi connectivity index (χ2v) is 4.74. The zero-order valence-corrected chi connectivity index (χ0v) is 11.1. The van der Waals surface area contributed by atoms with Crippen molar-refractivity contribution in [1.82, 2.24) is 0 Å². The second-order valence-electron chi connectivity index (χ2n) is 4.74. The van der Waals surface area contributed by atoms with Crippen molar-refractivity contribution in [1.29, 1.82) is 0 Å². The number of ketones is 2. The SMILES string of the molecule is O=C1C(=Cc2cc([N+](=O)[O-])ccc2[O-])C(=O)c2ccccc21. The number of nitrogens with zero attached hydrogens (tertiary/aromatic N) is 1. The third-order valence-electron chi connectivity index (χ3n) is 3.41. The predicted octanol–water partition coefficient (Wildman–Crippen LogP) is 2.13. The lowest BCUT2D eigenvalue weighted by atomic mass is 10.1. The van der Waals surface area contributed by atoms with Gasteiger partial charge in [-0.25, -0.2) is 0 Å². The van der Waals surface area contributed by atoms with Gasteiger partial charge in [-0.3, -0.25) is 19.7 Å². The van der Waals surface area contributed by atoms with Gasteiger partial charge < -0.3 is 5.11 Å². The molecule has 0 spiro atoms. The molecule has 0 amide bonds. The molecule has 108 valence electrons. The summed E-state index contributed by atoms with van der Waals surface area (Å²) in [7, 11) is 0. The van der Waals surface area contributed by atoms with Crippen LogP contribution >= 0.6 is 0 Å². The van der Waals surface area contributed by atoms with E-state index < -0.39 is 22.2 Å². The van der Waals surface area contributed by atoms with Gasteiger partial charge in [-0.15, -0.1) is 5.75 Å². The fourth-order valence-corrected chi connectivity index (χ4v) is 2.32. The van der Waals surface area contributed by atoms with Crippen molar-refractivity contribution in [2.24, 2.45) is 0 Å². The lowest BCUT2D eigenvalue weighted by Crippen LogP contribution is -2.02. The molecule has 3 rings (SSSR count). The van der Waals surface area contributed by atoms with Crippen LogP contribution in [0.4, 0.5) is 5.69 Å². The van der Waals surface area contributed by atoms with Crippen LogP contribution in [0.2, 0.25) is 0 Å². The molecule has 0 bridgehead atoms. The third kappa shape index (κ3) is 2.07. The van der Waals surface area contributed by atoms with E-state index in [9.17, 15) is 24.8 Å². The summed E-state index contributed by atoms with van der Waals surface area (Å²) in [4.78, 5) is 34.5. The Labute approximate surface area is 124 Å². The van der Waals surface area contributed by atoms with Crippen molar-refractivity contribution in [3.05, 3.63) is 74.8 Å². The van der Waals surface area contributed by atoms with E-state index in [0.29, 0.717) is 0 Å². The van der Waals surface area contributed by atoms with E-state index in [2.05, 4.69) is 0 Å². The van der Waals surface area contributed by atoms with Crippen molar-refractivity contribution in [3.63, 3.8) is 0 Å². The zero-order valence-electron chi connectivity index (χ0n) is 11.1. The maximum absolute atomic E-state index is 12.2.